The van der Waals surface area contributed by atoms with Crippen molar-refractivity contribution in [1.82, 2.24) is 10.3 Å². The SMILES string of the molecule is CCc1cc(C(=O)O)c(=O)[nH]c1-c1ccc(N2CCC(CNCc3ccccc3F)C2)cc1. The molecule has 0 spiro atoms. The summed E-state index contributed by atoms with van der Waals surface area (Å²) in [5, 5.41) is 12.6. The molecule has 1 atom stereocenters. The van der Waals surface area contributed by atoms with Gasteiger partial charge in [-0.3, -0.25) is 4.79 Å². The van der Waals surface area contributed by atoms with Crippen LogP contribution < -0.4 is 15.8 Å². The third-order valence-corrected chi connectivity index (χ3v) is 6.25. The summed E-state index contributed by atoms with van der Waals surface area (Å²) in [5.74, 6) is -0.911. The number of nitrogens with zero attached hydrogens (tertiary/aromatic N) is 1. The van der Waals surface area contributed by atoms with E-state index in [9.17, 15) is 19.1 Å². The summed E-state index contributed by atoms with van der Waals surface area (Å²) in [5.41, 5.74) is 3.27. The van der Waals surface area contributed by atoms with Gasteiger partial charge in [-0.2, -0.15) is 0 Å². The normalized spacial score (nSPS) is 15.7. The fourth-order valence-corrected chi connectivity index (χ4v) is 4.39. The summed E-state index contributed by atoms with van der Waals surface area (Å²) < 4.78 is 13.8. The molecule has 2 heterocycles. The molecule has 1 fully saturated rings. The fraction of sp³-hybridized carbons (Fsp3) is 0.308. The summed E-state index contributed by atoms with van der Waals surface area (Å²) in [7, 11) is 0. The number of carboxylic acid groups (broad SMARTS) is 1. The lowest BCUT2D eigenvalue weighted by atomic mass is 10.0. The van der Waals surface area contributed by atoms with Crippen LogP contribution in [0.1, 0.15) is 34.8 Å². The first-order valence-electron chi connectivity index (χ1n) is 11.2. The molecule has 0 aliphatic carbocycles. The van der Waals surface area contributed by atoms with E-state index in [0.717, 1.165) is 42.9 Å². The summed E-state index contributed by atoms with van der Waals surface area (Å²) >= 11 is 0. The van der Waals surface area contributed by atoms with Crippen LogP contribution in [0.25, 0.3) is 11.3 Å². The van der Waals surface area contributed by atoms with Gasteiger partial charge in [-0.1, -0.05) is 37.3 Å². The predicted octanol–water partition coefficient (Wildman–Crippen LogP) is 4.06. The minimum Gasteiger partial charge on any atom is -0.477 e. The first-order valence-corrected chi connectivity index (χ1v) is 11.2. The monoisotopic (exact) mass is 449 g/mol. The first kappa shape index (κ1) is 22.7. The Morgan fingerprint density at radius 1 is 1.18 bits per heavy atom. The smallest absolute Gasteiger partial charge is 0.341 e. The van der Waals surface area contributed by atoms with Gasteiger partial charge in [0.05, 0.1) is 5.69 Å². The summed E-state index contributed by atoms with van der Waals surface area (Å²) in [6.07, 6.45) is 1.68. The number of nitrogens with one attached hydrogen (secondary N) is 2. The number of benzene rings is 2. The molecular weight excluding hydrogens is 421 g/mol. The second-order valence-electron chi connectivity index (χ2n) is 8.44. The molecule has 0 bridgehead atoms. The topological polar surface area (TPSA) is 85.4 Å². The van der Waals surface area contributed by atoms with E-state index in [-0.39, 0.29) is 11.4 Å². The Bertz CT molecular complexity index is 1190. The lowest BCUT2D eigenvalue weighted by Crippen LogP contribution is -2.26. The van der Waals surface area contributed by atoms with Crippen LogP contribution in [0.5, 0.6) is 0 Å². The van der Waals surface area contributed by atoms with Crippen LogP contribution in [0, 0.1) is 11.7 Å². The van der Waals surface area contributed by atoms with E-state index in [1.54, 1.807) is 12.1 Å². The molecule has 1 saturated heterocycles. The van der Waals surface area contributed by atoms with Gasteiger partial charge in [0, 0.05) is 37.4 Å². The van der Waals surface area contributed by atoms with Crippen molar-refractivity contribution in [3.05, 3.63) is 87.5 Å². The van der Waals surface area contributed by atoms with Gasteiger partial charge < -0.3 is 20.3 Å². The Hall–Kier alpha value is -3.45. The molecule has 1 unspecified atom stereocenters. The number of rotatable bonds is 8. The number of aromatic carboxylic acids is 1. The standard InChI is InChI=1S/C26H28FN3O3/c1-2-18-13-22(26(32)33)25(31)29-24(18)19-7-9-21(10-8-19)30-12-11-17(16-30)14-28-15-20-5-3-4-6-23(20)27/h3-10,13,17,28H,2,11-12,14-16H2,1H3,(H,29,31)(H,32,33). The molecule has 1 aliphatic rings. The maximum absolute atomic E-state index is 13.8. The molecule has 3 aromatic rings. The third-order valence-electron chi connectivity index (χ3n) is 6.25. The molecule has 0 amide bonds. The van der Waals surface area contributed by atoms with Crippen LogP contribution >= 0.6 is 0 Å². The molecule has 2 aromatic carbocycles. The van der Waals surface area contributed by atoms with E-state index < -0.39 is 11.5 Å². The number of halogens is 1. The number of aryl methyl sites for hydroxylation is 1. The molecule has 0 saturated carbocycles. The molecule has 7 heteroatoms. The van der Waals surface area contributed by atoms with Gasteiger partial charge in [-0.05, 0) is 54.2 Å². The number of carboxylic acids is 1. The Morgan fingerprint density at radius 3 is 2.64 bits per heavy atom. The van der Waals surface area contributed by atoms with Crippen LogP contribution in [0.2, 0.25) is 0 Å². The average Bonchev–Trinajstić information content (AvgIpc) is 3.29. The minimum absolute atomic E-state index is 0.177. The number of H-pyrrole nitrogens is 1. The predicted molar refractivity (Wildman–Crippen MR) is 127 cm³/mol. The highest BCUT2D eigenvalue weighted by molar-refractivity contribution is 5.88. The van der Waals surface area contributed by atoms with Crippen molar-refractivity contribution in [2.75, 3.05) is 24.5 Å². The van der Waals surface area contributed by atoms with E-state index in [4.69, 9.17) is 0 Å². The lowest BCUT2D eigenvalue weighted by Gasteiger charge is -2.20. The van der Waals surface area contributed by atoms with Crippen LogP contribution in [-0.2, 0) is 13.0 Å². The fourth-order valence-electron chi connectivity index (χ4n) is 4.39. The molecule has 6 nitrogen and oxygen atoms in total. The quantitative estimate of drug-likeness (QED) is 0.483. The second kappa shape index (κ2) is 10.0. The van der Waals surface area contributed by atoms with Gasteiger partial charge in [-0.25, -0.2) is 9.18 Å². The van der Waals surface area contributed by atoms with Gasteiger partial charge in [-0.15, -0.1) is 0 Å². The summed E-state index contributed by atoms with van der Waals surface area (Å²) in [4.78, 5) is 28.5. The molecule has 172 valence electrons. The van der Waals surface area contributed by atoms with Gasteiger partial charge in [0.1, 0.15) is 11.4 Å². The largest absolute Gasteiger partial charge is 0.477 e. The van der Waals surface area contributed by atoms with Gasteiger partial charge >= 0.3 is 5.97 Å². The number of aromatic nitrogens is 1. The zero-order valence-electron chi connectivity index (χ0n) is 18.6. The number of carbonyl (C=O) groups is 1. The molecule has 4 rings (SSSR count). The highest BCUT2D eigenvalue weighted by Crippen LogP contribution is 2.28. The molecular formula is C26H28FN3O3. The Labute approximate surface area is 192 Å². The van der Waals surface area contributed by atoms with Crippen molar-refractivity contribution in [2.24, 2.45) is 5.92 Å². The minimum atomic E-state index is -1.22. The highest BCUT2D eigenvalue weighted by atomic mass is 19.1. The van der Waals surface area contributed by atoms with Gasteiger partial charge in [0.15, 0.2) is 0 Å². The molecule has 0 radical (unpaired) electrons. The van der Waals surface area contributed by atoms with Crippen LogP contribution in [0.15, 0.2) is 59.4 Å². The van der Waals surface area contributed by atoms with E-state index in [1.165, 1.54) is 12.1 Å². The van der Waals surface area contributed by atoms with Gasteiger partial charge in [0.25, 0.3) is 5.56 Å². The molecule has 1 aliphatic heterocycles. The van der Waals surface area contributed by atoms with E-state index >= 15 is 0 Å². The van der Waals surface area contributed by atoms with E-state index in [1.807, 2.05) is 37.3 Å². The van der Waals surface area contributed by atoms with E-state index in [0.29, 0.717) is 30.1 Å². The lowest BCUT2D eigenvalue weighted by molar-refractivity contribution is 0.0695. The first-order chi connectivity index (χ1) is 16.0. The van der Waals surface area contributed by atoms with Crippen molar-refractivity contribution < 1.29 is 14.3 Å². The average molecular weight is 450 g/mol. The maximum Gasteiger partial charge on any atom is 0.341 e. The number of hydrogen-bond donors (Lipinski definition) is 3. The second-order valence-corrected chi connectivity index (χ2v) is 8.44. The number of pyridine rings is 1. The van der Waals surface area contributed by atoms with Crippen molar-refractivity contribution in [2.45, 2.75) is 26.3 Å². The number of hydrogen-bond acceptors (Lipinski definition) is 4. The van der Waals surface area contributed by atoms with Crippen LogP contribution in [0.4, 0.5) is 10.1 Å². The zero-order chi connectivity index (χ0) is 23.4. The van der Waals surface area contributed by atoms with Gasteiger partial charge in [0.2, 0.25) is 0 Å². The molecule has 33 heavy (non-hydrogen) atoms. The summed E-state index contributed by atoms with van der Waals surface area (Å²) in [6.45, 7) is 5.17. The van der Waals surface area contributed by atoms with Crippen LogP contribution in [-0.4, -0.2) is 35.7 Å². The Kier molecular flexibility index (Phi) is 6.89. The van der Waals surface area contributed by atoms with Crippen molar-refractivity contribution in [3.8, 4) is 11.3 Å². The molecule has 3 N–H and O–H groups in total. The Morgan fingerprint density at radius 2 is 1.94 bits per heavy atom. The van der Waals surface area contributed by atoms with Crippen molar-refractivity contribution in [1.29, 1.82) is 0 Å². The molecule has 1 aromatic heterocycles. The van der Waals surface area contributed by atoms with E-state index in [2.05, 4.69) is 15.2 Å². The summed E-state index contributed by atoms with van der Waals surface area (Å²) in [6, 6.07) is 16.3. The van der Waals surface area contributed by atoms with Crippen LogP contribution in [0.3, 0.4) is 0 Å². The number of anilines is 1. The third kappa shape index (κ3) is 5.14. The highest BCUT2D eigenvalue weighted by Gasteiger charge is 2.22. The van der Waals surface area contributed by atoms with Crippen molar-refractivity contribution in [3.63, 3.8) is 0 Å². The number of aromatic amines is 1. The Balaban J connectivity index is 1.39. The van der Waals surface area contributed by atoms with Crippen molar-refractivity contribution >= 4 is 11.7 Å². The zero-order valence-corrected chi connectivity index (χ0v) is 18.6. The maximum atomic E-state index is 13.8.